The fourth-order valence-electron chi connectivity index (χ4n) is 2.36. The van der Waals surface area contributed by atoms with Crippen molar-refractivity contribution in [1.82, 2.24) is 19.5 Å². The third-order valence-corrected chi connectivity index (χ3v) is 3.47. The number of H-pyrrole nitrogens is 1. The maximum Gasteiger partial charge on any atom is 0.343 e. The second-order valence-corrected chi connectivity index (χ2v) is 5.11. The largest absolute Gasteiger partial charge is 0.494 e. The van der Waals surface area contributed by atoms with Gasteiger partial charge < -0.3 is 19.8 Å². The van der Waals surface area contributed by atoms with Crippen molar-refractivity contribution in [3.63, 3.8) is 0 Å². The Morgan fingerprint density at radius 2 is 2.30 bits per heavy atom. The summed E-state index contributed by atoms with van der Waals surface area (Å²) in [6.07, 6.45) is 1.21. The van der Waals surface area contributed by atoms with Crippen LogP contribution in [0.2, 0.25) is 0 Å². The third-order valence-electron chi connectivity index (χ3n) is 3.31. The minimum Gasteiger partial charge on any atom is -0.494 e. The van der Waals surface area contributed by atoms with Crippen LogP contribution in [0.1, 0.15) is 6.92 Å². The van der Waals surface area contributed by atoms with Gasteiger partial charge in [0.15, 0.2) is 5.82 Å². The Bertz CT molecular complexity index is 857. The Morgan fingerprint density at radius 1 is 1.48 bits per heavy atom. The molecule has 3 rings (SSSR count). The third kappa shape index (κ3) is 2.85. The Morgan fingerprint density at radius 3 is 3.00 bits per heavy atom. The molecule has 0 aliphatic heterocycles. The van der Waals surface area contributed by atoms with Gasteiger partial charge in [0.2, 0.25) is 0 Å². The number of rotatable bonds is 6. The SMILES string of the molecule is CCOc1ccc2nc(-c3ncc([N+](=O)[O-])n3CCCl)[nH]c2c1. The number of nitrogens with one attached hydrogen (secondary N) is 1. The lowest BCUT2D eigenvalue weighted by atomic mass is 10.3. The van der Waals surface area contributed by atoms with Crippen LogP contribution in [-0.4, -0.2) is 36.9 Å². The summed E-state index contributed by atoms with van der Waals surface area (Å²) < 4.78 is 6.89. The predicted octanol–water partition coefficient (Wildman–Crippen LogP) is 2.97. The quantitative estimate of drug-likeness (QED) is 0.424. The first-order chi connectivity index (χ1) is 11.1. The summed E-state index contributed by atoms with van der Waals surface area (Å²) in [7, 11) is 0. The topological polar surface area (TPSA) is 98.9 Å². The van der Waals surface area contributed by atoms with E-state index in [0.717, 1.165) is 16.8 Å². The summed E-state index contributed by atoms with van der Waals surface area (Å²) >= 11 is 5.74. The molecule has 3 aromatic rings. The van der Waals surface area contributed by atoms with Crippen LogP contribution in [0.15, 0.2) is 24.4 Å². The predicted molar refractivity (Wildman–Crippen MR) is 85.9 cm³/mol. The van der Waals surface area contributed by atoms with Crippen LogP contribution in [0, 0.1) is 10.1 Å². The summed E-state index contributed by atoms with van der Waals surface area (Å²) in [6.45, 7) is 2.75. The number of fused-ring (bicyclic) bond motifs is 1. The molecule has 2 heterocycles. The van der Waals surface area contributed by atoms with Gasteiger partial charge >= 0.3 is 5.82 Å². The standard InChI is InChI=1S/C14H14ClN5O3/c1-2-23-9-3-4-10-11(7-9)18-13(17-10)14-16-8-12(20(21)22)19(14)6-5-15/h3-4,7-8H,2,5-6H2,1H3,(H,17,18). The Labute approximate surface area is 136 Å². The molecule has 0 atom stereocenters. The van der Waals surface area contributed by atoms with E-state index in [1.165, 1.54) is 10.8 Å². The molecule has 0 unspecified atom stereocenters. The summed E-state index contributed by atoms with van der Waals surface area (Å²) in [6, 6.07) is 5.48. The number of alkyl halides is 1. The van der Waals surface area contributed by atoms with E-state index >= 15 is 0 Å². The lowest BCUT2D eigenvalue weighted by Crippen LogP contribution is -2.06. The van der Waals surface area contributed by atoms with E-state index in [2.05, 4.69) is 15.0 Å². The minimum atomic E-state index is -0.487. The lowest BCUT2D eigenvalue weighted by molar-refractivity contribution is -0.392. The number of nitrogens with zero attached hydrogens (tertiary/aromatic N) is 4. The average Bonchev–Trinajstić information content (AvgIpc) is 3.11. The normalized spacial score (nSPS) is 11.0. The molecule has 0 radical (unpaired) electrons. The van der Waals surface area contributed by atoms with Crippen LogP contribution in [0.5, 0.6) is 5.75 Å². The molecule has 23 heavy (non-hydrogen) atoms. The minimum absolute atomic E-state index is 0.115. The smallest absolute Gasteiger partial charge is 0.343 e. The molecule has 0 fully saturated rings. The summed E-state index contributed by atoms with van der Waals surface area (Å²) in [4.78, 5) is 22.3. The molecule has 0 aliphatic rings. The molecule has 0 spiro atoms. The molecule has 120 valence electrons. The van der Waals surface area contributed by atoms with Crippen LogP contribution in [0.4, 0.5) is 5.82 Å². The highest BCUT2D eigenvalue weighted by molar-refractivity contribution is 6.17. The first-order valence-electron chi connectivity index (χ1n) is 7.03. The molecule has 8 nitrogen and oxygen atoms in total. The zero-order chi connectivity index (χ0) is 16.4. The van der Waals surface area contributed by atoms with E-state index in [0.29, 0.717) is 18.3 Å². The van der Waals surface area contributed by atoms with Gasteiger partial charge in [-0.3, -0.25) is 0 Å². The molecule has 0 saturated heterocycles. The number of nitro groups is 1. The maximum atomic E-state index is 11.1. The molecular weight excluding hydrogens is 322 g/mol. The highest BCUT2D eigenvalue weighted by Crippen LogP contribution is 2.26. The number of halogens is 1. The molecule has 2 aromatic heterocycles. The molecule has 0 saturated carbocycles. The van der Waals surface area contributed by atoms with Crippen LogP contribution in [0.3, 0.4) is 0 Å². The van der Waals surface area contributed by atoms with Crippen molar-refractivity contribution in [1.29, 1.82) is 0 Å². The zero-order valence-electron chi connectivity index (χ0n) is 12.3. The molecule has 0 bridgehead atoms. The van der Waals surface area contributed by atoms with E-state index < -0.39 is 4.92 Å². The number of aromatic amines is 1. The monoisotopic (exact) mass is 335 g/mol. The van der Waals surface area contributed by atoms with Crippen molar-refractivity contribution < 1.29 is 9.66 Å². The fraction of sp³-hybridized carbons (Fsp3) is 0.286. The molecule has 1 aromatic carbocycles. The van der Waals surface area contributed by atoms with Gasteiger partial charge in [-0.05, 0) is 24.0 Å². The fourth-order valence-corrected chi connectivity index (χ4v) is 2.53. The molecular formula is C14H14ClN5O3. The van der Waals surface area contributed by atoms with E-state index in [-0.39, 0.29) is 18.2 Å². The highest BCUT2D eigenvalue weighted by Gasteiger charge is 2.23. The van der Waals surface area contributed by atoms with Gasteiger partial charge in [0, 0.05) is 6.07 Å². The van der Waals surface area contributed by atoms with Crippen LogP contribution < -0.4 is 4.74 Å². The molecule has 9 heteroatoms. The van der Waals surface area contributed by atoms with E-state index in [9.17, 15) is 10.1 Å². The number of aromatic nitrogens is 4. The second-order valence-electron chi connectivity index (χ2n) is 4.74. The number of ether oxygens (including phenoxy) is 1. The van der Waals surface area contributed by atoms with Crippen molar-refractivity contribution in [3.05, 3.63) is 34.5 Å². The summed E-state index contributed by atoms with van der Waals surface area (Å²) in [5.41, 5.74) is 1.50. The van der Waals surface area contributed by atoms with Crippen molar-refractivity contribution in [2.24, 2.45) is 0 Å². The Balaban J connectivity index is 2.07. The van der Waals surface area contributed by atoms with Gasteiger partial charge in [-0.25, -0.2) is 14.5 Å². The van der Waals surface area contributed by atoms with Crippen LogP contribution in [0.25, 0.3) is 22.7 Å². The van der Waals surface area contributed by atoms with E-state index in [1.807, 2.05) is 25.1 Å². The first-order valence-corrected chi connectivity index (χ1v) is 7.56. The summed E-state index contributed by atoms with van der Waals surface area (Å²) in [5.74, 6) is 1.68. The zero-order valence-corrected chi connectivity index (χ0v) is 13.1. The highest BCUT2D eigenvalue weighted by atomic mass is 35.5. The van der Waals surface area contributed by atoms with Crippen molar-refractivity contribution >= 4 is 28.5 Å². The van der Waals surface area contributed by atoms with Crippen molar-refractivity contribution in [3.8, 4) is 17.4 Å². The number of hydrogen-bond acceptors (Lipinski definition) is 5. The molecule has 1 N–H and O–H groups in total. The number of hydrogen-bond donors (Lipinski definition) is 1. The van der Waals surface area contributed by atoms with Gasteiger partial charge in [-0.2, -0.15) is 0 Å². The van der Waals surface area contributed by atoms with Gasteiger partial charge in [-0.1, -0.05) is 0 Å². The lowest BCUT2D eigenvalue weighted by Gasteiger charge is -2.01. The second kappa shape index (κ2) is 6.25. The van der Waals surface area contributed by atoms with Gasteiger partial charge in [0.25, 0.3) is 5.82 Å². The van der Waals surface area contributed by atoms with Gasteiger partial charge in [0.1, 0.15) is 18.5 Å². The number of benzene rings is 1. The van der Waals surface area contributed by atoms with E-state index in [4.69, 9.17) is 16.3 Å². The van der Waals surface area contributed by atoms with Crippen LogP contribution >= 0.6 is 11.6 Å². The molecule has 0 aliphatic carbocycles. The Kier molecular flexibility index (Phi) is 4.16. The average molecular weight is 336 g/mol. The van der Waals surface area contributed by atoms with E-state index in [1.54, 1.807) is 0 Å². The first kappa shape index (κ1) is 15.3. The van der Waals surface area contributed by atoms with Gasteiger partial charge in [0.05, 0.1) is 23.5 Å². The van der Waals surface area contributed by atoms with Crippen LogP contribution in [-0.2, 0) is 6.54 Å². The maximum absolute atomic E-state index is 11.1. The Hall–Kier alpha value is -2.61. The van der Waals surface area contributed by atoms with Gasteiger partial charge in [-0.15, -0.1) is 11.6 Å². The number of imidazole rings is 2. The summed E-state index contributed by atoms with van der Waals surface area (Å²) in [5, 5.41) is 11.1. The molecule has 0 amide bonds. The van der Waals surface area contributed by atoms with Crippen molar-refractivity contribution in [2.45, 2.75) is 13.5 Å². The van der Waals surface area contributed by atoms with Crippen molar-refractivity contribution in [2.75, 3.05) is 12.5 Å².